The van der Waals surface area contributed by atoms with Crippen LogP contribution < -0.4 is 5.32 Å². The number of hydrogen-bond acceptors (Lipinski definition) is 6. The van der Waals surface area contributed by atoms with Crippen LogP contribution in [0.1, 0.15) is 56.0 Å². The molecule has 2 aliphatic carbocycles. The number of nitrogens with one attached hydrogen (secondary N) is 1. The molecule has 3 atom stereocenters. The first-order valence-electron chi connectivity index (χ1n) is 12.1. The largest absolute Gasteiger partial charge is 0.468 e. The maximum atomic E-state index is 13.5. The van der Waals surface area contributed by atoms with E-state index in [0.717, 1.165) is 12.8 Å². The molecule has 1 saturated heterocycles. The third-order valence-corrected chi connectivity index (χ3v) is 10.6. The fourth-order valence-corrected chi connectivity index (χ4v) is 8.08. The van der Waals surface area contributed by atoms with Crippen molar-refractivity contribution in [2.75, 3.05) is 39.8 Å². The third kappa shape index (κ3) is 4.38. The van der Waals surface area contributed by atoms with Gasteiger partial charge < -0.3 is 10.1 Å². The summed E-state index contributed by atoms with van der Waals surface area (Å²) in [6.45, 7) is 10.1. The minimum atomic E-state index is -3.77. The summed E-state index contributed by atoms with van der Waals surface area (Å²) in [5, 5.41) is 3.27. The molecule has 0 radical (unpaired) electrons. The molecule has 2 saturated carbocycles. The van der Waals surface area contributed by atoms with Gasteiger partial charge >= 0.3 is 5.97 Å². The number of carbonyl (C=O) groups excluding carboxylic acids is 2. The Balaban J connectivity index is 1.50. The summed E-state index contributed by atoms with van der Waals surface area (Å²) in [7, 11) is -2.43. The van der Waals surface area contributed by atoms with E-state index in [4.69, 9.17) is 4.74 Å². The normalized spacial score (nSPS) is 29.2. The number of hydrogen-bond donors (Lipinski definition) is 1. The van der Waals surface area contributed by atoms with Crippen LogP contribution in [0.5, 0.6) is 0 Å². The van der Waals surface area contributed by atoms with Crippen molar-refractivity contribution >= 4 is 21.9 Å². The SMILES string of the molecule is COC(=O)CN1CCN(S(=O)(=O)c2cc(C(=O)NC3C4(C)CC[C@H](C4)C3(C)C)ccc2C)CC1. The highest BCUT2D eigenvalue weighted by atomic mass is 32.2. The molecule has 1 heterocycles. The zero-order valence-electron chi connectivity index (χ0n) is 20.9. The monoisotopic (exact) mass is 491 g/mol. The van der Waals surface area contributed by atoms with E-state index in [9.17, 15) is 18.0 Å². The first-order chi connectivity index (χ1) is 15.9. The summed E-state index contributed by atoms with van der Waals surface area (Å²) in [5.41, 5.74) is 1.09. The number of benzene rings is 1. The van der Waals surface area contributed by atoms with Gasteiger partial charge in [0.15, 0.2) is 0 Å². The van der Waals surface area contributed by atoms with Crippen molar-refractivity contribution in [1.29, 1.82) is 0 Å². The molecule has 9 heteroatoms. The minimum absolute atomic E-state index is 0.0200. The van der Waals surface area contributed by atoms with Gasteiger partial charge in [-0.3, -0.25) is 14.5 Å². The van der Waals surface area contributed by atoms with Crippen LogP contribution in [0, 0.1) is 23.7 Å². The minimum Gasteiger partial charge on any atom is -0.468 e. The number of piperazine rings is 1. The first kappa shape index (κ1) is 25.1. The highest BCUT2D eigenvalue weighted by Crippen LogP contribution is 2.62. The number of methoxy groups -OCH3 is 1. The van der Waals surface area contributed by atoms with Gasteiger partial charge in [0.2, 0.25) is 10.0 Å². The molecule has 188 valence electrons. The number of fused-ring (bicyclic) bond motifs is 2. The number of esters is 1. The predicted molar refractivity (Wildman–Crippen MR) is 129 cm³/mol. The molecule has 1 amide bonds. The topological polar surface area (TPSA) is 96.0 Å². The van der Waals surface area contributed by atoms with E-state index in [1.807, 2.05) is 4.90 Å². The maximum Gasteiger partial charge on any atom is 0.319 e. The molecular formula is C25H37N3O5S. The van der Waals surface area contributed by atoms with Gasteiger partial charge in [-0.2, -0.15) is 4.31 Å². The Morgan fingerprint density at radius 1 is 1.15 bits per heavy atom. The number of sulfonamides is 1. The lowest BCUT2D eigenvalue weighted by atomic mass is 9.68. The fourth-order valence-electron chi connectivity index (χ4n) is 6.41. The van der Waals surface area contributed by atoms with E-state index in [1.165, 1.54) is 23.9 Å². The molecule has 2 bridgehead atoms. The smallest absolute Gasteiger partial charge is 0.319 e. The van der Waals surface area contributed by atoms with Crippen molar-refractivity contribution in [2.24, 2.45) is 16.7 Å². The Hall–Kier alpha value is -1.97. The van der Waals surface area contributed by atoms with Crippen molar-refractivity contribution in [3.05, 3.63) is 29.3 Å². The average molecular weight is 492 g/mol. The second-order valence-corrected chi connectivity index (χ2v) is 13.0. The van der Waals surface area contributed by atoms with E-state index in [1.54, 1.807) is 19.1 Å². The summed E-state index contributed by atoms with van der Waals surface area (Å²) in [5.74, 6) is 0.0548. The third-order valence-electron chi connectivity index (χ3n) is 8.52. The van der Waals surface area contributed by atoms with Crippen LogP contribution in [0.15, 0.2) is 23.1 Å². The molecule has 4 rings (SSSR count). The van der Waals surface area contributed by atoms with Gasteiger partial charge in [-0.15, -0.1) is 0 Å². The second-order valence-electron chi connectivity index (χ2n) is 11.1. The van der Waals surface area contributed by atoms with Crippen molar-refractivity contribution < 1.29 is 22.7 Å². The molecule has 2 unspecified atom stereocenters. The lowest BCUT2D eigenvalue weighted by Gasteiger charge is -2.43. The summed E-state index contributed by atoms with van der Waals surface area (Å²) >= 11 is 0. The lowest BCUT2D eigenvalue weighted by Crippen LogP contribution is -2.52. The number of rotatable bonds is 6. The molecule has 34 heavy (non-hydrogen) atoms. The molecule has 3 aliphatic rings. The average Bonchev–Trinajstić information content (AvgIpc) is 3.28. The van der Waals surface area contributed by atoms with Crippen LogP contribution in [-0.4, -0.2) is 75.4 Å². The number of aryl methyl sites for hydroxylation is 1. The molecule has 0 spiro atoms. The Morgan fingerprint density at radius 3 is 2.41 bits per heavy atom. The molecular weight excluding hydrogens is 454 g/mol. The fraction of sp³-hybridized carbons (Fsp3) is 0.680. The standard InChI is InChI=1S/C25H37N3O5S/c1-17-6-7-18(22(30)26-23-24(2,3)19-8-9-25(23,4)15-19)14-20(17)34(31,32)28-12-10-27(11-13-28)16-21(29)33-5/h6-7,14,19,23H,8-13,15-16H2,1-5H3,(H,26,30)/t19-,23?,25?/m1/s1. The van der Waals surface area contributed by atoms with Crippen molar-refractivity contribution in [3.63, 3.8) is 0 Å². The first-order valence-corrected chi connectivity index (χ1v) is 13.5. The summed E-state index contributed by atoms with van der Waals surface area (Å²) < 4.78 is 33.0. The van der Waals surface area contributed by atoms with Crippen LogP contribution >= 0.6 is 0 Å². The zero-order chi connectivity index (χ0) is 24.9. The van der Waals surface area contributed by atoms with Gasteiger partial charge in [-0.1, -0.05) is 26.8 Å². The molecule has 1 aliphatic heterocycles. The molecule has 1 N–H and O–H groups in total. The van der Waals surface area contributed by atoms with Crippen molar-refractivity contribution in [2.45, 2.75) is 57.9 Å². The molecule has 1 aromatic carbocycles. The highest BCUT2D eigenvalue weighted by molar-refractivity contribution is 7.89. The molecule has 8 nitrogen and oxygen atoms in total. The number of ether oxygens (including phenoxy) is 1. The van der Waals surface area contributed by atoms with E-state index in [2.05, 4.69) is 26.1 Å². The van der Waals surface area contributed by atoms with Crippen LogP contribution in [0.4, 0.5) is 0 Å². The molecule has 3 fully saturated rings. The maximum absolute atomic E-state index is 13.5. The summed E-state index contributed by atoms with van der Waals surface area (Å²) in [4.78, 5) is 26.8. The van der Waals surface area contributed by atoms with Gasteiger partial charge in [0.25, 0.3) is 5.91 Å². The van der Waals surface area contributed by atoms with Crippen LogP contribution in [0.25, 0.3) is 0 Å². The van der Waals surface area contributed by atoms with Crippen LogP contribution in [-0.2, 0) is 19.6 Å². The lowest BCUT2D eigenvalue weighted by molar-refractivity contribution is -0.142. The highest BCUT2D eigenvalue weighted by Gasteiger charge is 2.59. The number of nitrogens with zero attached hydrogens (tertiary/aromatic N) is 2. The number of amides is 1. The van der Waals surface area contributed by atoms with Crippen molar-refractivity contribution in [1.82, 2.24) is 14.5 Å². The van der Waals surface area contributed by atoms with Gasteiger partial charge in [-0.05, 0) is 60.6 Å². The predicted octanol–water partition coefficient (Wildman–Crippen LogP) is 2.42. The Morgan fingerprint density at radius 2 is 1.82 bits per heavy atom. The summed E-state index contributed by atoms with van der Waals surface area (Å²) in [6, 6.07) is 5.00. The molecule has 1 aromatic rings. The van der Waals surface area contributed by atoms with Gasteiger partial charge in [0.1, 0.15) is 0 Å². The Labute approximate surface area is 203 Å². The van der Waals surface area contributed by atoms with E-state index >= 15 is 0 Å². The Kier molecular flexibility index (Phi) is 6.59. The van der Waals surface area contributed by atoms with E-state index in [0.29, 0.717) is 30.1 Å². The zero-order valence-corrected chi connectivity index (χ0v) is 21.7. The van der Waals surface area contributed by atoms with E-state index < -0.39 is 10.0 Å². The number of carbonyl (C=O) groups is 2. The van der Waals surface area contributed by atoms with Crippen molar-refractivity contribution in [3.8, 4) is 0 Å². The van der Waals surface area contributed by atoms with Gasteiger partial charge in [-0.25, -0.2) is 8.42 Å². The quantitative estimate of drug-likeness (QED) is 0.614. The molecule has 0 aromatic heterocycles. The van der Waals surface area contributed by atoms with Gasteiger partial charge in [0.05, 0.1) is 18.6 Å². The van der Waals surface area contributed by atoms with Crippen LogP contribution in [0.2, 0.25) is 0 Å². The van der Waals surface area contributed by atoms with Gasteiger partial charge in [0, 0.05) is 37.8 Å². The summed E-state index contributed by atoms with van der Waals surface area (Å²) in [6.07, 6.45) is 3.44. The second kappa shape index (κ2) is 8.91. The van der Waals surface area contributed by atoms with Crippen LogP contribution in [0.3, 0.4) is 0 Å². The Bertz CT molecular complexity index is 1070. The van der Waals surface area contributed by atoms with E-state index in [-0.39, 0.29) is 53.3 Å².